The van der Waals surface area contributed by atoms with E-state index in [0.29, 0.717) is 5.25 Å². The van der Waals surface area contributed by atoms with Crippen LogP contribution in [0.2, 0.25) is 0 Å². The Morgan fingerprint density at radius 2 is 2.29 bits per heavy atom. The van der Waals surface area contributed by atoms with Crippen LogP contribution in [-0.4, -0.2) is 24.4 Å². The molecular weight excluding hydrogens is 280 g/mol. The Bertz CT molecular complexity index is 500. The van der Waals surface area contributed by atoms with E-state index in [4.69, 9.17) is 4.74 Å². The van der Waals surface area contributed by atoms with Gasteiger partial charge in [0.1, 0.15) is 11.3 Å². The first kappa shape index (κ1) is 16.2. The second-order valence-electron chi connectivity index (χ2n) is 5.61. The molecule has 114 valence electrons. The van der Waals surface area contributed by atoms with Gasteiger partial charge in [0.05, 0.1) is 13.2 Å². The van der Waals surface area contributed by atoms with E-state index in [0.717, 1.165) is 38.0 Å². The minimum absolute atomic E-state index is 0.339. The lowest BCUT2D eigenvalue weighted by molar-refractivity contribution is 0.304. The van der Waals surface area contributed by atoms with E-state index in [1.807, 2.05) is 30.0 Å². The van der Waals surface area contributed by atoms with Crippen molar-refractivity contribution in [3.63, 3.8) is 0 Å². The van der Waals surface area contributed by atoms with Crippen molar-refractivity contribution in [3.05, 3.63) is 24.3 Å². The van der Waals surface area contributed by atoms with Crippen LogP contribution in [0.25, 0.3) is 0 Å². The number of methoxy groups -OCH3 is 1. The van der Waals surface area contributed by atoms with Crippen LogP contribution in [0.4, 0.5) is 0 Å². The fraction of sp³-hybridized carbons (Fsp3) is 0.588. The maximum Gasteiger partial charge on any atom is 0.132 e. The summed E-state index contributed by atoms with van der Waals surface area (Å²) in [6, 6.07) is 10.7. The molecule has 4 heteroatoms. The molecule has 2 unspecified atom stereocenters. The summed E-state index contributed by atoms with van der Waals surface area (Å²) in [5.74, 6) is 0.928. The molecule has 1 N–H and O–H groups in total. The van der Waals surface area contributed by atoms with Gasteiger partial charge in [-0.25, -0.2) is 0 Å². The van der Waals surface area contributed by atoms with Gasteiger partial charge in [-0.1, -0.05) is 19.1 Å². The van der Waals surface area contributed by atoms with Crippen LogP contribution in [0.15, 0.2) is 29.2 Å². The quantitative estimate of drug-likeness (QED) is 0.863. The monoisotopic (exact) mass is 304 g/mol. The van der Waals surface area contributed by atoms with Crippen molar-refractivity contribution < 1.29 is 4.74 Å². The lowest BCUT2D eigenvalue weighted by Gasteiger charge is -2.36. The number of para-hydroxylation sites is 1. The fourth-order valence-electron chi connectivity index (χ4n) is 2.89. The number of nitrogens with zero attached hydrogens (tertiary/aromatic N) is 1. The third kappa shape index (κ3) is 4.15. The van der Waals surface area contributed by atoms with Gasteiger partial charge in [0.15, 0.2) is 0 Å². The lowest BCUT2D eigenvalue weighted by Crippen LogP contribution is -2.48. The number of thioether (sulfide) groups is 1. The number of hydrogen-bond acceptors (Lipinski definition) is 4. The van der Waals surface area contributed by atoms with Crippen molar-refractivity contribution >= 4 is 11.8 Å². The summed E-state index contributed by atoms with van der Waals surface area (Å²) >= 11 is 1.85. The fourth-order valence-corrected chi connectivity index (χ4v) is 4.32. The highest BCUT2D eigenvalue weighted by Gasteiger charge is 2.36. The first-order valence-electron chi connectivity index (χ1n) is 7.69. The first-order valence-corrected chi connectivity index (χ1v) is 8.57. The first-order chi connectivity index (χ1) is 10.2. The van der Waals surface area contributed by atoms with Gasteiger partial charge in [0, 0.05) is 10.1 Å². The van der Waals surface area contributed by atoms with E-state index in [-0.39, 0.29) is 5.54 Å². The Hall–Kier alpha value is -1.18. The molecule has 0 aliphatic heterocycles. The summed E-state index contributed by atoms with van der Waals surface area (Å²) in [5.41, 5.74) is -0.339. The number of benzene rings is 1. The van der Waals surface area contributed by atoms with Crippen molar-refractivity contribution in [2.24, 2.45) is 0 Å². The topological polar surface area (TPSA) is 45.0 Å². The van der Waals surface area contributed by atoms with Crippen molar-refractivity contribution in [1.82, 2.24) is 5.32 Å². The predicted octanol–water partition coefficient (Wildman–Crippen LogP) is 3.99. The van der Waals surface area contributed by atoms with Crippen molar-refractivity contribution in [1.29, 1.82) is 5.26 Å². The van der Waals surface area contributed by atoms with Crippen molar-refractivity contribution in [3.8, 4) is 11.8 Å². The van der Waals surface area contributed by atoms with Gasteiger partial charge >= 0.3 is 0 Å². The number of rotatable bonds is 6. The molecule has 3 nitrogen and oxygen atoms in total. The van der Waals surface area contributed by atoms with Gasteiger partial charge in [-0.3, -0.25) is 5.32 Å². The molecule has 0 aromatic heterocycles. The molecule has 1 fully saturated rings. The Balaban J connectivity index is 2.05. The van der Waals surface area contributed by atoms with Crippen LogP contribution in [-0.2, 0) is 0 Å². The summed E-state index contributed by atoms with van der Waals surface area (Å²) in [5, 5.41) is 13.6. The molecule has 2 rings (SSSR count). The zero-order valence-corrected chi connectivity index (χ0v) is 13.7. The third-order valence-electron chi connectivity index (χ3n) is 4.00. The molecule has 2 atom stereocenters. The second kappa shape index (κ2) is 7.72. The predicted molar refractivity (Wildman–Crippen MR) is 87.7 cm³/mol. The Kier molecular flexibility index (Phi) is 5.96. The molecule has 1 aliphatic carbocycles. The molecule has 21 heavy (non-hydrogen) atoms. The summed E-state index contributed by atoms with van der Waals surface area (Å²) < 4.78 is 5.43. The highest BCUT2D eigenvalue weighted by atomic mass is 32.2. The number of hydrogen-bond donors (Lipinski definition) is 1. The van der Waals surface area contributed by atoms with Crippen molar-refractivity contribution in [2.45, 2.75) is 54.7 Å². The largest absolute Gasteiger partial charge is 0.496 e. The van der Waals surface area contributed by atoms with E-state index in [1.54, 1.807) is 7.11 Å². The smallest absolute Gasteiger partial charge is 0.132 e. The van der Waals surface area contributed by atoms with E-state index in [9.17, 15) is 5.26 Å². The molecule has 1 saturated carbocycles. The van der Waals surface area contributed by atoms with Crippen LogP contribution in [0.3, 0.4) is 0 Å². The minimum Gasteiger partial charge on any atom is -0.496 e. The molecule has 0 amide bonds. The van der Waals surface area contributed by atoms with Gasteiger partial charge in [0.2, 0.25) is 0 Å². The van der Waals surface area contributed by atoms with E-state index in [2.05, 4.69) is 24.4 Å². The van der Waals surface area contributed by atoms with Crippen LogP contribution in [0, 0.1) is 11.3 Å². The van der Waals surface area contributed by atoms with E-state index < -0.39 is 0 Å². The molecule has 0 spiro atoms. The van der Waals surface area contributed by atoms with Crippen LogP contribution < -0.4 is 10.1 Å². The van der Waals surface area contributed by atoms with Gasteiger partial charge in [-0.15, -0.1) is 11.8 Å². The maximum atomic E-state index is 9.61. The Morgan fingerprint density at radius 1 is 1.48 bits per heavy atom. The molecule has 0 heterocycles. The van der Waals surface area contributed by atoms with Crippen molar-refractivity contribution in [2.75, 3.05) is 13.7 Å². The van der Waals surface area contributed by atoms with E-state index >= 15 is 0 Å². The molecule has 0 bridgehead atoms. The highest BCUT2D eigenvalue weighted by Crippen LogP contribution is 2.41. The third-order valence-corrected chi connectivity index (χ3v) is 5.32. The zero-order valence-electron chi connectivity index (χ0n) is 12.9. The molecule has 1 aromatic rings. The highest BCUT2D eigenvalue weighted by molar-refractivity contribution is 8.00. The summed E-state index contributed by atoms with van der Waals surface area (Å²) in [4.78, 5) is 1.18. The Morgan fingerprint density at radius 3 is 3.00 bits per heavy atom. The zero-order chi connectivity index (χ0) is 15.1. The minimum atomic E-state index is -0.339. The van der Waals surface area contributed by atoms with Gasteiger partial charge in [-0.2, -0.15) is 5.26 Å². The van der Waals surface area contributed by atoms with Gasteiger partial charge < -0.3 is 4.74 Å². The lowest BCUT2D eigenvalue weighted by atomic mass is 9.82. The second-order valence-corrected chi connectivity index (χ2v) is 6.95. The average molecular weight is 304 g/mol. The number of ether oxygens (including phenoxy) is 1. The average Bonchev–Trinajstić information content (AvgIpc) is 2.54. The van der Waals surface area contributed by atoms with Crippen LogP contribution in [0.5, 0.6) is 5.75 Å². The molecule has 0 saturated heterocycles. The number of nitriles is 1. The summed E-state index contributed by atoms with van der Waals surface area (Å²) in [6.45, 7) is 3.06. The van der Waals surface area contributed by atoms with Gasteiger partial charge in [-0.05, 0) is 50.8 Å². The molecular formula is C17H24N2OS. The molecule has 0 radical (unpaired) electrons. The van der Waals surface area contributed by atoms with Gasteiger partial charge in [0.25, 0.3) is 0 Å². The van der Waals surface area contributed by atoms with E-state index in [1.165, 1.54) is 11.3 Å². The summed E-state index contributed by atoms with van der Waals surface area (Å²) in [7, 11) is 1.71. The van der Waals surface area contributed by atoms with Crippen LogP contribution >= 0.6 is 11.8 Å². The maximum absolute atomic E-state index is 9.61. The Labute approximate surface area is 132 Å². The normalized spacial score (nSPS) is 25.3. The molecule has 1 aromatic carbocycles. The molecule has 1 aliphatic rings. The van der Waals surface area contributed by atoms with Crippen LogP contribution in [0.1, 0.15) is 39.0 Å². The number of nitrogens with one attached hydrogen (secondary N) is 1. The SMILES string of the molecule is CCCNC1(C#N)CCCC(Sc2ccccc2OC)C1. The summed E-state index contributed by atoms with van der Waals surface area (Å²) in [6.07, 6.45) is 5.21. The standard InChI is InChI=1S/C17H24N2OS/c1-3-11-19-17(13-18)10-6-7-14(12-17)21-16-9-5-4-8-15(16)20-2/h4-5,8-9,14,19H,3,6-7,10-12H2,1-2H3.